The van der Waals surface area contributed by atoms with E-state index in [0.717, 1.165) is 18.8 Å². The zero-order valence-electron chi connectivity index (χ0n) is 11.1. The molecule has 1 rings (SSSR count). The molecule has 96 valence electrons. The van der Waals surface area contributed by atoms with Crippen molar-refractivity contribution in [3.05, 3.63) is 27.3 Å². The van der Waals surface area contributed by atoms with Gasteiger partial charge in [0.05, 0.1) is 5.69 Å². The Bertz CT molecular complexity index is 442. The topological polar surface area (TPSA) is 33.5 Å². The SMILES string of the molecule is CCN(CC)c1cc(C(C)(C)C)oc(=O)c1Cl. The van der Waals surface area contributed by atoms with Crippen molar-refractivity contribution in [2.75, 3.05) is 18.0 Å². The third-order valence-corrected chi connectivity index (χ3v) is 3.07. The van der Waals surface area contributed by atoms with E-state index in [2.05, 4.69) is 4.90 Å². The summed E-state index contributed by atoms with van der Waals surface area (Å²) in [5.41, 5.74) is 0.102. The van der Waals surface area contributed by atoms with E-state index in [9.17, 15) is 4.79 Å². The van der Waals surface area contributed by atoms with Crippen LogP contribution in [0, 0.1) is 0 Å². The number of hydrogen-bond donors (Lipinski definition) is 0. The Kier molecular flexibility index (Phi) is 4.26. The lowest BCUT2D eigenvalue weighted by molar-refractivity contribution is 0.377. The molecule has 0 N–H and O–H groups in total. The van der Waals surface area contributed by atoms with Gasteiger partial charge in [-0.25, -0.2) is 4.79 Å². The average molecular weight is 258 g/mol. The highest BCUT2D eigenvalue weighted by Gasteiger charge is 2.22. The molecule has 1 heterocycles. The van der Waals surface area contributed by atoms with Crippen molar-refractivity contribution in [1.29, 1.82) is 0 Å². The number of hydrogen-bond acceptors (Lipinski definition) is 3. The number of rotatable bonds is 3. The van der Waals surface area contributed by atoms with Gasteiger partial charge in [0.1, 0.15) is 10.8 Å². The molecule has 17 heavy (non-hydrogen) atoms. The molecule has 0 spiro atoms. The Morgan fingerprint density at radius 3 is 2.24 bits per heavy atom. The molecule has 0 saturated heterocycles. The van der Waals surface area contributed by atoms with Crippen LogP contribution in [0.2, 0.25) is 5.02 Å². The molecule has 0 radical (unpaired) electrons. The van der Waals surface area contributed by atoms with Gasteiger partial charge in [0.15, 0.2) is 0 Å². The van der Waals surface area contributed by atoms with Crippen LogP contribution in [0.15, 0.2) is 15.3 Å². The third-order valence-electron chi connectivity index (χ3n) is 2.72. The second kappa shape index (κ2) is 5.13. The molecule has 0 atom stereocenters. The first-order valence-electron chi connectivity index (χ1n) is 5.90. The standard InChI is InChI=1S/C13H20ClNO2/c1-6-15(7-2)9-8-10(13(3,4)5)17-12(16)11(9)14/h8H,6-7H2,1-5H3. The zero-order chi connectivity index (χ0) is 13.2. The van der Waals surface area contributed by atoms with Gasteiger partial charge in [0.25, 0.3) is 0 Å². The van der Waals surface area contributed by atoms with Crippen molar-refractivity contribution in [2.45, 2.75) is 40.0 Å². The Morgan fingerprint density at radius 1 is 1.29 bits per heavy atom. The van der Waals surface area contributed by atoms with E-state index < -0.39 is 5.63 Å². The first kappa shape index (κ1) is 14.1. The molecule has 0 bridgehead atoms. The van der Waals surface area contributed by atoms with Gasteiger partial charge >= 0.3 is 5.63 Å². The van der Waals surface area contributed by atoms with Gasteiger partial charge in [-0.3, -0.25) is 0 Å². The minimum absolute atomic E-state index is 0.168. The Balaban J connectivity index is 3.40. The van der Waals surface area contributed by atoms with Crippen LogP contribution < -0.4 is 10.5 Å². The molecule has 0 saturated carbocycles. The van der Waals surface area contributed by atoms with Crippen LogP contribution >= 0.6 is 11.6 Å². The van der Waals surface area contributed by atoms with Crippen LogP contribution in [-0.2, 0) is 5.41 Å². The van der Waals surface area contributed by atoms with E-state index in [4.69, 9.17) is 16.0 Å². The molecule has 3 nitrogen and oxygen atoms in total. The van der Waals surface area contributed by atoms with Crippen LogP contribution in [0.4, 0.5) is 5.69 Å². The number of anilines is 1. The van der Waals surface area contributed by atoms with Gasteiger partial charge < -0.3 is 9.32 Å². The lowest BCUT2D eigenvalue weighted by atomic mass is 9.92. The van der Waals surface area contributed by atoms with Gasteiger partial charge in [-0.2, -0.15) is 0 Å². The summed E-state index contributed by atoms with van der Waals surface area (Å²) in [6, 6.07) is 1.87. The largest absolute Gasteiger partial charge is 0.426 e. The summed E-state index contributed by atoms with van der Waals surface area (Å²) in [6.07, 6.45) is 0. The van der Waals surface area contributed by atoms with E-state index in [1.165, 1.54) is 0 Å². The monoisotopic (exact) mass is 257 g/mol. The minimum atomic E-state index is -0.457. The van der Waals surface area contributed by atoms with Crippen molar-refractivity contribution in [3.8, 4) is 0 Å². The van der Waals surface area contributed by atoms with Gasteiger partial charge in [-0.15, -0.1) is 0 Å². The normalized spacial score (nSPS) is 11.6. The van der Waals surface area contributed by atoms with Gasteiger partial charge in [-0.1, -0.05) is 32.4 Å². The first-order valence-corrected chi connectivity index (χ1v) is 6.28. The fraction of sp³-hybridized carbons (Fsp3) is 0.615. The summed E-state index contributed by atoms with van der Waals surface area (Å²) in [5.74, 6) is 0.661. The number of nitrogens with zero attached hydrogens (tertiary/aromatic N) is 1. The number of halogens is 1. The van der Waals surface area contributed by atoms with Crippen LogP contribution in [0.3, 0.4) is 0 Å². The summed E-state index contributed by atoms with van der Waals surface area (Å²) in [6.45, 7) is 11.7. The molecule has 1 aromatic heterocycles. The molecular formula is C13H20ClNO2. The van der Waals surface area contributed by atoms with Crippen molar-refractivity contribution in [2.24, 2.45) is 0 Å². The van der Waals surface area contributed by atoms with E-state index in [-0.39, 0.29) is 10.4 Å². The second-order valence-corrected chi connectivity index (χ2v) is 5.40. The lowest BCUT2D eigenvalue weighted by Crippen LogP contribution is -2.25. The van der Waals surface area contributed by atoms with Crippen LogP contribution in [0.25, 0.3) is 0 Å². The summed E-state index contributed by atoms with van der Waals surface area (Å²) in [5, 5.41) is 0.168. The second-order valence-electron chi connectivity index (χ2n) is 5.02. The Hall–Kier alpha value is -0.960. The molecular weight excluding hydrogens is 238 g/mol. The maximum Gasteiger partial charge on any atom is 0.357 e. The fourth-order valence-electron chi connectivity index (χ4n) is 1.63. The first-order chi connectivity index (χ1) is 7.81. The van der Waals surface area contributed by atoms with E-state index >= 15 is 0 Å². The molecule has 0 amide bonds. The predicted molar refractivity (Wildman–Crippen MR) is 72.2 cm³/mol. The predicted octanol–water partition coefficient (Wildman–Crippen LogP) is 3.44. The molecule has 0 unspecified atom stereocenters. The fourth-order valence-corrected chi connectivity index (χ4v) is 1.84. The van der Waals surface area contributed by atoms with Crippen LogP contribution in [-0.4, -0.2) is 13.1 Å². The highest BCUT2D eigenvalue weighted by atomic mass is 35.5. The van der Waals surface area contributed by atoms with Crippen LogP contribution in [0.5, 0.6) is 0 Å². The molecule has 0 fully saturated rings. The molecule has 0 aliphatic carbocycles. The summed E-state index contributed by atoms with van der Waals surface area (Å²) in [4.78, 5) is 13.8. The van der Waals surface area contributed by atoms with E-state index in [1.807, 2.05) is 40.7 Å². The highest BCUT2D eigenvalue weighted by molar-refractivity contribution is 6.33. The van der Waals surface area contributed by atoms with E-state index in [0.29, 0.717) is 5.76 Å². The maximum absolute atomic E-state index is 11.7. The van der Waals surface area contributed by atoms with Gasteiger partial charge in [0.2, 0.25) is 0 Å². The van der Waals surface area contributed by atoms with Crippen molar-refractivity contribution < 1.29 is 4.42 Å². The summed E-state index contributed by atoms with van der Waals surface area (Å²) < 4.78 is 5.24. The smallest absolute Gasteiger partial charge is 0.357 e. The Labute approximate surface area is 107 Å². The maximum atomic E-state index is 11.7. The van der Waals surface area contributed by atoms with Crippen molar-refractivity contribution in [1.82, 2.24) is 0 Å². The lowest BCUT2D eigenvalue weighted by Gasteiger charge is -2.24. The summed E-state index contributed by atoms with van der Waals surface area (Å²) in [7, 11) is 0. The quantitative estimate of drug-likeness (QED) is 0.832. The van der Waals surface area contributed by atoms with Gasteiger partial charge in [-0.05, 0) is 13.8 Å². The van der Waals surface area contributed by atoms with Gasteiger partial charge in [0, 0.05) is 24.6 Å². The van der Waals surface area contributed by atoms with Crippen LogP contribution in [0.1, 0.15) is 40.4 Å². The molecule has 0 aliphatic rings. The molecule has 0 aromatic carbocycles. The highest BCUT2D eigenvalue weighted by Crippen LogP contribution is 2.29. The molecule has 4 heteroatoms. The Morgan fingerprint density at radius 2 is 1.82 bits per heavy atom. The van der Waals surface area contributed by atoms with Crippen molar-refractivity contribution in [3.63, 3.8) is 0 Å². The zero-order valence-corrected chi connectivity index (χ0v) is 11.9. The van der Waals surface area contributed by atoms with E-state index in [1.54, 1.807) is 0 Å². The minimum Gasteiger partial charge on any atom is -0.426 e. The van der Waals surface area contributed by atoms with Crippen molar-refractivity contribution >= 4 is 17.3 Å². The molecule has 0 aliphatic heterocycles. The third kappa shape index (κ3) is 3.03. The summed E-state index contributed by atoms with van der Waals surface area (Å²) >= 11 is 6.02. The average Bonchev–Trinajstić information content (AvgIpc) is 2.24. The molecule has 1 aromatic rings.